The first-order valence-corrected chi connectivity index (χ1v) is 8.18. The van der Waals surface area contributed by atoms with Crippen LogP contribution in [0.3, 0.4) is 0 Å². The maximum atomic E-state index is 12.8. The molecule has 0 radical (unpaired) electrons. The molecule has 1 aliphatic carbocycles. The van der Waals surface area contributed by atoms with E-state index in [4.69, 9.17) is 0 Å². The summed E-state index contributed by atoms with van der Waals surface area (Å²) < 4.78 is 13.8. The van der Waals surface area contributed by atoms with Crippen LogP contribution in [0.4, 0.5) is 4.39 Å². The van der Waals surface area contributed by atoms with E-state index >= 15 is 0 Å². The molecule has 3 rings (SSSR count). The summed E-state index contributed by atoms with van der Waals surface area (Å²) in [4.78, 5) is 12.5. The molecule has 1 N–H and O–H groups in total. The van der Waals surface area contributed by atoms with Gasteiger partial charge in [0.05, 0.1) is 5.41 Å². The van der Waals surface area contributed by atoms with Crippen molar-refractivity contribution in [3.63, 3.8) is 0 Å². The van der Waals surface area contributed by atoms with Crippen LogP contribution in [0.5, 0.6) is 0 Å². The molecule has 2 nitrogen and oxygen atoms in total. The summed E-state index contributed by atoms with van der Waals surface area (Å²) in [6.07, 6.45) is 2.50. The average Bonchev–Trinajstić information content (AvgIpc) is 3.31. The fourth-order valence-corrected chi connectivity index (χ4v) is 3.10. The molecule has 0 aliphatic heterocycles. The van der Waals surface area contributed by atoms with Crippen molar-refractivity contribution >= 4 is 21.8 Å². The normalized spacial score (nSPS) is 15.4. The molecule has 1 fully saturated rings. The number of halogens is 2. The maximum absolute atomic E-state index is 12.8. The van der Waals surface area contributed by atoms with Crippen LogP contribution in [-0.2, 0) is 16.6 Å². The van der Waals surface area contributed by atoms with E-state index in [-0.39, 0.29) is 17.1 Å². The van der Waals surface area contributed by atoms with E-state index in [2.05, 4.69) is 21.2 Å². The van der Waals surface area contributed by atoms with Crippen molar-refractivity contribution in [1.29, 1.82) is 0 Å². The summed E-state index contributed by atoms with van der Waals surface area (Å²) in [5.41, 5.74) is 1.74. The van der Waals surface area contributed by atoms with Gasteiger partial charge in [-0.1, -0.05) is 40.2 Å². The number of hydrogen-bond acceptors (Lipinski definition) is 1. The van der Waals surface area contributed by atoms with Crippen molar-refractivity contribution in [2.45, 2.75) is 24.7 Å². The predicted octanol–water partition coefficient (Wildman–Crippen LogP) is 3.98. The largest absolute Gasteiger partial charge is 0.355 e. The van der Waals surface area contributed by atoms with Crippen molar-refractivity contribution in [1.82, 2.24) is 5.32 Å². The summed E-state index contributed by atoms with van der Waals surface area (Å²) in [6, 6.07) is 14.4. The standard InChI is InChI=1S/C18H17BrFNO/c19-15-3-1-2-14(12-15)18(9-10-18)17(22)21-11-8-13-4-6-16(20)7-5-13/h1-7,12H,8-11H2,(H,21,22). The number of nitrogens with one attached hydrogen (secondary N) is 1. The molecule has 0 spiro atoms. The highest BCUT2D eigenvalue weighted by molar-refractivity contribution is 9.10. The van der Waals surface area contributed by atoms with E-state index in [0.717, 1.165) is 28.4 Å². The molecule has 0 atom stereocenters. The van der Waals surface area contributed by atoms with Crippen molar-refractivity contribution in [3.8, 4) is 0 Å². The topological polar surface area (TPSA) is 29.1 Å². The molecule has 114 valence electrons. The van der Waals surface area contributed by atoms with Gasteiger partial charge in [0, 0.05) is 11.0 Å². The van der Waals surface area contributed by atoms with E-state index in [0.29, 0.717) is 13.0 Å². The third kappa shape index (κ3) is 3.22. The predicted molar refractivity (Wildman–Crippen MR) is 88.2 cm³/mol. The van der Waals surface area contributed by atoms with Crippen LogP contribution in [0.25, 0.3) is 0 Å². The van der Waals surface area contributed by atoms with Gasteiger partial charge in [-0.15, -0.1) is 0 Å². The van der Waals surface area contributed by atoms with Crippen molar-refractivity contribution in [2.24, 2.45) is 0 Å². The third-order valence-corrected chi connectivity index (χ3v) is 4.67. The van der Waals surface area contributed by atoms with E-state index in [9.17, 15) is 9.18 Å². The fourth-order valence-electron chi connectivity index (χ4n) is 2.70. The number of carbonyl (C=O) groups excluding carboxylic acids is 1. The van der Waals surface area contributed by atoms with Crippen LogP contribution in [0, 0.1) is 5.82 Å². The Hall–Kier alpha value is -1.68. The van der Waals surface area contributed by atoms with Gasteiger partial charge < -0.3 is 5.32 Å². The number of hydrogen-bond donors (Lipinski definition) is 1. The Bertz CT molecular complexity index is 680. The Morgan fingerprint density at radius 3 is 2.55 bits per heavy atom. The Balaban J connectivity index is 1.59. The number of benzene rings is 2. The Kier molecular flexibility index (Phi) is 4.30. The average molecular weight is 362 g/mol. The Morgan fingerprint density at radius 2 is 1.91 bits per heavy atom. The van der Waals surface area contributed by atoms with Crippen molar-refractivity contribution < 1.29 is 9.18 Å². The van der Waals surface area contributed by atoms with E-state index in [1.54, 1.807) is 12.1 Å². The highest BCUT2D eigenvalue weighted by Crippen LogP contribution is 2.48. The zero-order valence-electron chi connectivity index (χ0n) is 12.1. The van der Waals surface area contributed by atoms with Crippen molar-refractivity contribution in [3.05, 3.63) is 69.9 Å². The third-order valence-electron chi connectivity index (χ3n) is 4.17. The summed E-state index contributed by atoms with van der Waals surface area (Å²) in [5, 5.41) is 3.02. The molecule has 0 bridgehead atoms. The van der Waals surface area contributed by atoms with E-state index in [1.807, 2.05) is 24.3 Å². The summed E-state index contributed by atoms with van der Waals surface area (Å²) in [5.74, 6) is -0.146. The summed E-state index contributed by atoms with van der Waals surface area (Å²) in [7, 11) is 0. The van der Waals surface area contributed by atoms with E-state index < -0.39 is 0 Å². The number of carbonyl (C=O) groups is 1. The van der Waals surface area contributed by atoms with Crippen LogP contribution >= 0.6 is 15.9 Å². The minimum absolute atomic E-state index is 0.0905. The molecule has 1 aliphatic rings. The Labute approximate surface area is 137 Å². The van der Waals surface area contributed by atoms with Gasteiger partial charge in [0.15, 0.2) is 0 Å². The quantitative estimate of drug-likeness (QED) is 0.857. The van der Waals surface area contributed by atoms with Crippen molar-refractivity contribution in [2.75, 3.05) is 6.54 Å². The van der Waals surface area contributed by atoms with Crippen LogP contribution in [0.1, 0.15) is 24.0 Å². The van der Waals surface area contributed by atoms with Crippen LogP contribution < -0.4 is 5.32 Å². The summed E-state index contributed by atoms with van der Waals surface area (Å²) >= 11 is 3.46. The highest BCUT2D eigenvalue weighted by atomic mass is 79.9. The van der Waals surface area contributed by atoms with Gasteiger partial charge in [-0.05, 0) is 54.7 Å². The van der Waals surface area contributed by atoms with Gasteiger partial charge in [-0.2, -0.15) is 0 Å². The van der Waals surface area contributed by atoms with E-state index in [1.165, 1.54) is 12.1 Å². The summed E-state index contributed by atoms with van der Waals surface area (Å²) in [6.45, 7) is 0.570. The van der Waals surface area contributed by atoms with Gasteiger partial charge in [-0.25, -0.2) is 4.39 Å². The lowest BCUT2D eigenvalue weighted by atomic mass is 9.95. The molecule has 0 heterocycles. The minimum Gasteiger partial charge on any atom is -0.355 e. The molecule has 0 aromatic heterocycles. The fraction of sp³-hybridized carbons (Fsp3) is 0.278. The zero-order valence-corrected chi connectivity index (χ0v) is 13.7. The van der Waals surface area contributed by atoms with Crippen LogP contribution in [0.15, 0.2) is 53.0 Å². The van der Waals surface area contributed by atoms with Gasteiger partial charge in [-0.3, -0.25) is 4.79 Å². The molecule has 2 aromatic carbocycles. The van der Waals surface area contributed by atoms with Crippen LogP contribution in [-0.4, -0.2) is 12.5 Å². The molecule has 0 saturated heterocycles. The lowest BCUT2D eigenvalue weighted by Crippen LogP contribution is -2.35. The first-order chi connectivity index (χ1) is 10.6. The number of rotatable bonds is 5. The number of amides is 1. The molecular formula is C18H17BrFNO. The molecular weight excluding hydrogens is 345 g/mol. The first-order valence-electron chi connectivity index (χ1n) is 7.39. The van der Waals surface area contributed by atoms with Gasteiger partial charge in [0.25, 0.3) is 0 Å². The minimum atomic E-state index is -0.355. The SMILES string of the molecule is O=C(NCCc1ccc(F)cc1)C1(c2cccc(Br)c2)CC1. The van der Waals surface area contributed by atoms with Gasteiger partial charge in [0.2, 0.25) is 5.91 Å². The molecule has 1 saturated carbocycles. The second-order valence-electron chi connectivity index (χ2n) is 5.72. The van der Waals surface area contributed by atoms with Gasteiger partial charge >= 0.3 is 0 Å². The molecule has 22 heavy (non-hydrogen) atoms. The van der Waals surface area contributed by atoms with Gasteiger partial charge in [0.1, 0.15) is 5.82 Å². The molecule has 2 aromatic rings. The smallest absolute Gasteiger partial charge is 0.230 e. The Morgan fingerprint density at radius 1 is 1.18 bits per heavy atom. The molecule has 4 heteroatoms. The maximum Gasteiger partial charge on any atom is 0.230 e. The monoisotopic (exact) mass is 361 g/mol. The zero-order chi connectivity index (χ0) is 15.6. The molecule has 0 unspecified atom stereocenters. The lowest BCUT2D eigenvalue weighted by molar-refractivity contribution is -0.123. The highest BCUT2D eigenvalue weighted by Gasteiger charge is 2.51. The first kappa shape index (κ1) is 15.2. The second-order valence-corrected chi connectivity index (χ2v) is 6.64. The van der Waals surface area contributed by atoms with Crippen LogP contribution in [0.2, 0.25) is 0 Å². The lowest BCUT2D eigenvalue weighted by Gasteiger charge is -2.16. The molecule has 1 amide bonds. The second kappa shape index (κ2) is 6.21.